The number of hydrogen-bond donors (Lipinski definition) is 1. The smallest absolute Gasteiger partial charge is 0.244 e. The molecule has 24 heavy (non-hydrogen) atoms. The first-order chi connectivity index (χ1) is 11.7. The minimum Gasteiger partial charge on any atom is -0.387 e. The maximum Gasteiger partial charge on any atom is 0.244 e. The van der Waals surface area contributed by atoms with Gasteiger partial charge in [-0.3, -0.25) is 4.79 Å². The molecule has 0 aliphatic carbocycles. The second kappa shape index (κ2) is 7.80. The zero-order chi connectivity index (χ0) is 16.8. The molecule has 3 rings (SSSR count). The molecule has 0 radical (unpaired) electrons. The zero-order valence-electron chi connectivity index (χ0n) is 12.9. The van der Waals surface area contributed by atoms with Crippen molar-refractivity contribution in [1.82, 2.24) is 25.1 Å². The summed E-state index contributed by atoms with van der Waals surface area (Å²) in [6, 6.07) is 11.5. The first-order valence-electron chi connectivity index (χ1n) is 7.45. The fourth-order valence-electron chi connectivity index (χ4n) is 2.33. The Morgan fingerprint density at radius 2 is 2.12 bits per heavy atom. The number of carbonyl (C=O) groups excluding carboxylic acids is 1. The minimum absolute atomic E-state index is 0.0379. The molecule has 0 fully saturated rings. The van der Waals surface area contributed by atoms with Crippen molar-refractivity contribution in [2.24, 2.45) is 0 Å². The van der Waals surface area contributed by atoms with Crippen molar-refractivity contribution in [3.63, 3.8) is 0 Å². The van der Waals surface area contributed by atoms with Crippen molar-refractivity contribution < 1.29 is 9.90 Å². The Bertz CT molecular complexity index is 746. The number of benzene rings is 1. The van der Waals surface area contributed by atoms with Gasteiger partial charge in [0.15, 0.2) is 0 Å². The van der Waals surface area contributed by atoms with E-state index in [1.54, 1.807) is 4.90 Å². The van der Waals surface area contributed by atoms with Gasteiger partial charge < -0.3 is 10.0 Å². The van der Waals surface area contributed by atoms with Gasteiger partial charge in [-0.1, -0.05) is 30.3 Å². The zero-order valence-corrected chi connectivity index (χ0v) is 13.7. The molecular formula is C16H17N5O2S. The lowest BCUT2D eigenvalue weighted by atomic mass is 10.1. The van der Waals surface area contributed by atoms with Gasteiger partial charge in [-0.2, -0.15) is 11.3 Å². The average Bonchev–Trinajstić information content (AvgIpc) is 3.29. The summed E-state index contributed by atoms with van der Waals surface area (Å²) in [6.45, 7) is 0.672. The van der Waals surface area contributed by atoms with E-state index in [1.807, 2.05) is 47.2 Å². The molecule has 0 saturated heterocycles. The predicted octanol–water partition coefficient (Wildman–Crippen LogP) is 1.50. The first kappa shape index (κ1) is 16.3. The molecule has 0 aliphatic rings. The average molecular weight is 343 g/mol. The largest absolute Gasteiger partial charge is 0.387 e. The van der Waals surface area contributed by atoms with Crippen molar-refractivity contribution in [3.05, 3.63) is 64.6 Å². The molecule has 1 aromatic carbocycles. The van der Waals surface area contributed by atoms with Crippen LogP contribution in [0.5, 0.6) is 0 Å². The highest BCUT2D eigenvalue weighted by atomic mass is 32.1. The molecule has 0 aliphatic heterocycles. The van der Waals surface area contributed by atoms with E-state index >= 15 is 0 Å². The standard InChI is InChI=1S/C16H17N5O2S/c22-15(14-6-7-24-11-14)9-20(8-13-4-2-1-3-5-13)16(23)10-21-12-17-18-19-21/h1-7,11-12,15,22H,8-10H2. The molecule has 0 bridgehead atoms. The van der Waals surface area contributed by atoms with Gasteiger partial charge in [0, 0.05) is 6.54 Å². The third-order valence-corrected chi connectivity index (χ3v) is 4.28. The first-order valence-corrected chi connectivity index (χ1v) is 8.39. The van der Waals surface area contributed by atoms with Crippen LogP contribution in [0.1, 0.15) is 17.2 Å². The molecule has 1 amide bonds. The van der Waals surface area contributed by atoms with Crippen molar-refractivity contribution in [2.75, 3.05) is 6.54 Å². The molecule has 2 aromatic heterocycles. The lowest BCUT2D eigenvalue weighted by Crippen LogP contribution is -2.36. The van der Waals surface area contributed by atoms with E-state index in [-0.39, 0.29) is 19.0 Å². The van der Waals surface area contributed by atoms with Crippen LogP contribution in [-0.2, 0) is 17.9 Å². The van der Waals surface area contributed by atoms with Gasteiger partial charge in [0.25, 0.3) is 0 Å². The fraction of sp³-hybridized carbons (Fsp3) is 0.250. The molecule has 3 aromatic rings. The number of tetrazole rings is 1. The number of nitrogens with zero attached hydrogens (tertiary/aromatic N) is 5. The third kappa shape index (κ3) is 4.24. The maximum atomic E-state index is 12.6. The number of aliphatic hydroxyl groups excluding tert-OH is 1. The van der Waals surface area contributed by atoms with Crippen molar-refractivity contribution in [1.29, 1.82) is 0 Å². The molecule has 8 heteroatoms. The van der Waals surface area contributed by atoms with Crippen LogP contribution in [0.4, 0.5) is 0 Å². The number of amides is 1. The SMILES string of the molecule is O=C(Cn1cnnn1)N(Cc1ccccc1)CC(O)c1ccsc1. The number of hydrogen-bond acceptors (Lipinski definition) is 6. The van der Waals surface area contributed by atoms with Crippen molar-refractivity contribution in [2.45, 2.75) is 19.2 Å². The summed E-state index contributed by atoms with van der Waals surface area (Å²) >= 11 is 1.52. The Kier molecular flexibility index (Phi) is 5.29. The summed E-state index contributed by atoms with van der Waals surface area (Å²) < 4.78 is 1.37. The summed E-state index contributed by atoms with van der Waals surface area (Å²) in [4.78, 5) is 14.2. The van der Waals surface area contributed by atoms with Gasteiger partial charge in [0.05, 0.1) is 12.6 Å². The molecule has 2 heterocycles. The fourth-order valence-corrected chi connectivity index (χ4v) is 3.04. The molecule has 0 spiro atoms. The van der Waals surface area contributed by atoms with Gasteiger partial charge in [-0.05, 0) is 38.4 Å². The van der Waals surface area contributed by atoms with Crippen LogP contribution >= 0.6 is 11.3 Å². The van der Waals surface area contributed by atoms with Crippen LogP contribution in [0.15, 0.2) is 53.5 Å². The monoisotopic (exact) mass is 343 g/mol. The van der Waals surface area contributed by atoms with E-state index in [0.717, 1.165) is 11.1 Å². The normalized spacial score (nSPS) is 12.0. The lowest BCUT2D eigenvalue weighted by molar-refractivity contribution is -0.134. The Labute approximate surface area is 143 Å². The Hall–Kier alpha value is -2.58. The number of aromatic nitrogens is 4. The number of aliphatic hydroxyl groups is 1. The van der Waals surface area contributed by atoms with Gasteiger partial charge in [-0.25, -0.2) is 4.68 Å². The summed E-state index contributed by atoms with van der Waals surface area (Å²) in [6.07, 6.45) is 0.672. The number of carbonyl (C=O) groups is 1. The Morgan fingerprint density at radius 1 is 1.29 bits per heavy atom. The Morgan fingerprint density at radius 3 is 2.79 bits per heavy atom. The molecule has 1 atom stereocenters. The van der Waals surface area contributed by atoms with E-state index in [1.165, 1.54) is 22.3 Å². The second-order valence-electron chi connectivity index (χ2n) is 5.34. The summed E-state index contributed by atoms with van der Waals surface area (Å²) in [5, 5.41) is 25.0. The molecule has 0 saturated carbocycles. The third-order valence-electron chi connectivity index (χ3n) is 3.58. The van der Waals surface area contributed by atoms with Crippen LogP contribution in [0, 0.1) is 0 Å². The van der Waals surface area contributed by atoms with Crippen LogP contribution in [0.3, 0.4) is 0 Å². The van der Waals surface area contributed by atoms with Crippen LogP contribution < -0.4 is 0 Å². The summed E-state index contributed by atoms with van der Waals surface area (Å²) in [5.74, 6) is -0.152. The quantitative estimate of drug-likeness (QED) is 0.703. The molecule has 1 N–H and O–H groups in total. The minimum atomic E-state index is -0.724. The predicted molar refractivity (Wildman–Crippen MR) is 89.0 cm³/mol. The highest BCUT2D eigenvalue weighted by Gasteiger charge is 2.20. The van der Waals surface area contributed by atoms with E-state index in [9.17, 15) is 9.90 Å². The van der Waals surface area contributed by atoms with Gasteiger partial charge in [0.1, 0.15) is 12.9 Å². The Balaban J connectivity index is 1.73. The molecule has 7 nitrogen and oxygen atoms in total. The number of thiophene rings is 1. The van der Waals surface area contributed by atoms with Gasteiger partial charge in [0.2, 0.25) is 5.91 Å². The molecule has 1 unspecified atom stereocenters. The van der Waals surface area contributed by atoms with E-state index in [4.69, 9.17) is 0 Å². The lowest BCUT2D eigenvalue weighted by Gasteiger charge is -2.25. The highest BCUT2D eigenvalue weighted by molar-refractivity contribution is 7.07. The van der Waals surface area contributed by atoms with E-state index < -0.39 is 6.10 Å². The summed E-state index contributed by atoms with van der Waals surface area (Å²) in [5.41, 5.74) is 1.81. The van der Waals surface area contributed by atoms with Crippen LogP contribution in [0.2, 0.25) is 0 Å². The van der Waals surface area contributed by atoms with E-state index in [2.05, 4.69) is 15.5 Å². The van der Waals surface area contributed by atoms with Crippen LogP contribution in [0.25, 0.3) is 0 Å². The highest BCUT2D eigenvalue weighted by Crippen LogP contribution is 2.18. The van der Waals surface area contributed by atoms with E-state index in [0.29, 0.717) is 6.54 Å². The molecule has 124 valence electrons. The van der Waals surface area contributed by atoms with Gasteiger partial charge >= 0.3 is 0 Å². The molecular weight excluding hydrogens is 326 g/mol. The van der Waals surface area contributed by atoms with Crippen LogP contribution in [-0.4, -0.2) is 42.7 Å². The van der Waals surface area contributed by atoms with Crippen molar-refractivity contribution in [3.8, 4) is 0 Å². The van der Waals surface area contributed by atoms with Gasteiger partial charge in [-0.15, -0.1) is 5.10 Å². The second-order valence-corrected chi connectivity index (χ2v) is 6.12. The summed E-state index contributed by atoms with van der Waals surface area (Å²) in [7, 11) is 0. The maximum absolute atomic E-state index is 12.6. The topological polar surface area (TPSA) is 84.1 Å². The number of rotatable bonds is 7. The van der Waals surface area contributed by atoms with Crippen molar-refractivity contribution >= 4 is 17.2 Å².